The molecule has 1 aromatic heterocycles. The fourth-order valence-corrected chi connectivity index (χ4v) is 4.50. The Bertz CT molecular complexity index is 898. The number of aryl methyl sites for hydroxylation is 1. The van der Waals surface area contributed by atoms with Crippen LogP contribution in [0, 0.1) is 6.92 Å². The molecule has 132 valence electrons. The molecular weight excluding hydrogens is 362 g/mol. The van der Waals surface area contributed by atoms with Crippen molar-refractivity contribution in [3.05, 3.63) is 52.8 Å². The van der Waals surface area contributed by atoms with Gasteiger partial charge in [-0.05, 0) is 43.2 Å². The number of aromatic nitrogens is 1. The van der Waals surface area contributed by atoms with Crippen LogP contribution in [0.3, 0.4) is 0 Å². The van der Waals surface area contributed by atoms with Crippen molar-refractivity contribution in [2.24, 2.45) is 0 Å². The summed E-state index contributed by atoms with van der Waals surface area (Å²) in [6, 6.07) is 8.55. The molecule has 1 aromatic carbocycles. The molecule has 3 rings (SSSR count). The summed E-state index contributed by atoms with van der Waals surface area (Å²) < 4.78 is 22.9. The molecule has 25 heavy (non-hydrogen) atoms. The molecule has 1 atom stereocenters. The number of benzene rings is 1. The van der Waals surface area contributed by atoms with Gasteiger partial charge in [-0.3, -0.25) is 4.79 Å². The second-order valence-corrected chi connectivity index (χ2v) is 8.75. The summed E-state index contributed by atoms with van der Waals surface area (Å²) in [5.74, 6) is -0.257. The summed E-state index contributed by atoms with van der Waals surface area (Å²) in [4.78, 5) is 16.3. The van der Waals surface area contributed by atoms with Gasteiger partial charge >= 0.3 is 0 Å². The van der Waals surface area contributed by atoms with Crippen molar-refractivity contribution in [1.82, 2.24) is 10.3 Å². The van der Waals surface area contributed by atoms with Crippen LogP contribution < -0.4 is 10.6 Å². The van der Waals surface area contributed by atoms with Crippen molar-refractivity contribution in [3.8, 4) is 0 Å². The minimum absolute atomic E-state index is 0.00752. The molecular formula is C17H18ClN3O3S. The maximum atomic E-state index is 12.2. The van der Waals surface area contributed by atoms with Crippen LogP contribution in [0.4, 0.5) is 11.4 Å². The fourth-order valence-electron chi connectivity index (χ4n) is 2.65. The van der Waals surface area contributed by atoms with Gasteiger partial charge in [0.05, 0.1) is 23.4 Å². The number of nitrogens with zero attached hydrogens (tertiary/aromatic N) is 1. The zero-order valence-electron chi connectivity index (χ0n) is 13.6. The highest BCUT2D eigenvalue weighted by Gasteiger charge is 2.29. The van der Waals surface area contributed by atoms with Crippen LogP contribution in [0.15, 0.2) is 36.5 Å². The number of anilines is 2. The Morgan fingerprint density at radius 2 is 2.08 bits per heavy atom. The molecule has 1 aliphatic rings. The van der Waals surface area contributed by atoms with E-state index in [1.807, 2.05) is 25.1 Å². The first-order chi connectivity index (χ1) is 11.8. The van der Waals surface area contributed by atoms with Gasteiger partial charge in [0.2, 0.25) is 0 Å². The summed E-state index contributed by atoms with van der Waals surface area (Å²) in [6.45, 7) is 1.96. The number of nitrogens with one attached hydrogen (secondary N) is 2. The third-order valence-corrected chi connectivity index (χ3v) is 6.05. The molecule has 1 amide bonds. The summed E-state index contributed by atoms with van der Waals surface area (Å²) in [6.07, 6.45) is 2.00. The molecule has 0 radical (unpaired) electrons. The minimum atomic E-state index is -3.03. The topological polar surface area (TPSA) is 88.2 Å². The highest BCUT2D eigenvalue weighted by molar-refractivity contribution is 7.91. The smallest absolute Gasteiger partial charge is 0.270 e. The fraction of sp³-hybridized carbons (Fsp3) is 0.294. The Labute approximate surface area is 151 Å². The van der Waals surface area contributed by atoms with Crippen LogP contribution in [-0.4, -0.2) is 36.9 Å². The Balaban J connectivity index is 1.65. The van der Waals surface area contributed by atoms with Crippen molar-refractivity contribution < 1.29 is 13.2 Å². The van der Waals surface area contributed by atoms with E-state index in [0.717, 1.165) is 16.9 Å². The van der Waals surface area contributed by atoms with Crippen LogP contribution in [-0.2, 0) is 9.84 Å². The van der Waals surface area contributed by atoms with Gasteiger partial charge in [0, 0.05) is 16.8 Å². The van der Waals surface area contributed by atoms with Crippen molar-refractivity contribution in [2.75, 3.05) is 16.8 Å². The van der Waals surface area contributed by atoms with Gasteiger partial charge < -0.3 is 10.6 Å². The van der Waals surface area contributed by atoms with Crippen molar-refractivity contribution in [2.45, 2.75) is 19.4 Å². The Morgan fingerprint density at radius 3 is 2.72 bits per heavy atom. The van der Waals surface area contributed by atoms with Crippen LogP contribution >= 0.6 is 11.6 Å². The molecule has 1 fully saturated rings. The first-order valence-corrected chi connectivity index (χ1v) is 10.0. The maximum Gasteiger partial charge on any atom is 0.270 e. The Morgan fingerprint density at radius 1 is 1.28 bits per heavy atom. The van der Waals surface area contributed by atoms with Gasteiger partial charge in [0.1, 0.15) is 5.69 Å². The van der Waals surface area contributed by atoms with E-state index in [4.69, 9.17) is 11.6 Å². The third-order valence-electron chi connectivity index (χ3n) is 4.04. The number of hydrogen-bond acceptors (Lipinski definition) is 5. The van der Waals surface area contributed by atoms with E-state index in [-0.39, 0.29) is 29.1 Å². The van der Waals surface area contributed by atoms with Crippen molar-refractivity contribution >= 4 is 38.7 Å². The van der Waals surface area contributed by atoms with E-state index in [9.17, 15) is 13.2 Å². The first-order valence-electron chi connectivity index (χ1n) is 7.83. The zero-order valence-corrected chi connectivity index (χ0v) is 15.2. The molecule has 1 aliphatic heterocycles. The lowest BCUT2D eigenvalue weighted by molar-refractivity contribution is 0.0936. The summed E-state index contributed by atoms with van der Waals surface area (Å²) in [5.41, 5.74) is 2.87. The van der Waals surface area contributed by atoms with Gasteiger partial charge in [-0.15, -0.1) is 0 Å². The highest BCUT2D eigenvalue weighted by atomic mass is 35.5. The number of amides is 1. The van der Waals surface area contributed by atoms with Gasteiger partial charge in [-0.1, -0.05) is 17.7 Å². The third kappa shape index (κ3) is 4.49. The predicted octanol–water partition coefficient (Wildman–Crippen LogP) is 2.70. The average molecular weight is 380 g/mol. The van der Waals surface area contributed by atoms with E-state index in [1.165, 1.54) is 0 Å². The lowest BCUT2D eigenvalue weighted by Crippen LogP contribution is -2.36. The molecule has 2 heterocycles. The Hall–Kier alpha value is -2.12. The van der Waals surface area contributed by atoms with Crippen LogP contribution in [0.2, 0.25) is 5.02 Å². The number of pyridine rings is 1. The Kier molecular flexibility index (Phi) is 4.96. The number of halogens is 1. The van der Waals surface area contributed by atoms with E-state index >= 15 is 0 Å². The molecule has 8 heteroatoms. The predicted molar refractivity (Wildman–Crippen MR) is 98.2 cm³/mol. The minimum Gasteiger partial charge on any atom is -0.354 e. The second-order valence-electron chi connectivity index (χ2n) is 6.09. The number of rotatable bonds is 4. The molecule has 0 saturated carbocycles. The van der Waals surface area contributed by atoms with E-state index in [1.54, 1.807) is 18.3 Å². The van der Waals surface area contributed by atoms with E-state index in [2.05, 4.69) is 15.6 Å². The average Bonchev–Trinajstić information content (AvgIpc) is 2.90. The second kappa shape index (κ2) is 7.01. The summed E-state index contributed by atoms with van der Waals surface area (Å²) in [5, 5.41) is 6.55. The van der Waals surface area contributed by atoms with E-state index < -0.39 is 9.84 Å². The molecule has 1 saturated heterocycles. The van der Waals surface area contributed by atoms with Crippen LogP contribution in [0.1, 0.15) is 22.5 Å². The number of sulfone groups is 1. The molecule has 2 N–H and O–H groups in total. The number of carbonyl (C=O) groups excluding carboxylic acids is 1. The standard InChI is InChI=1S/C17H18ClN3O3S/c1-11-2-3-12(18)8-16(11)20-13-4-5-15(19-9-13)17(22)21-14-6-7-25(23,24)10-14/h2-5,8-9,14,20H,6-7,10H2,1H3,(H,21,22). The first kappa shape index (κ1) is 17.7. The van der Waals surface area contributed by atoms with Crippen LogP contribution in [0.25, 0.3) is 0 Å². The molecule has 0 bridgehead atoms. The normalized spacial score (nSPS) is 18.7. The quantitative estimate of drug-likeness (QED) is 0.852. The number of carbonyl (C=O) groups is 1. The van der Waals surface area contributed by atoms with Gasteiger partial charge in [-0.25, -0.2) is 13.4 Å². The molecule has 2 aromatic rings. The van der Waals surface area contributed by atoms with Crippen molar-refractivity contribution in [1.29, 1.82) is 0 Å². The molecule has 1 unspecified atom stereocenters. The highest BCUT2D eigenvalue weighted by Crippen LogP contribution is 2.24. The number of hydrogen-bond donors (Lipinski definition) is 2. The maximum absolute atomic E-state index is 12.2. The largest absolute Gasteiger partial charge is 0.354 e. The molecule has 6 nitrogen and oxygen atoms in total. The summed E-state index contributed by atoms with van der Waals surface area (Å²) in [7, 11) is -3.03. The van der Waals surface area contributed by atoms with Crippen LogP contribution in [0.5, 0.6) is 0 Å². The molecule has 0 aliphatic carbocycles. The SMILES string of the molecule is Cc1ccc(Cl)cc1Nc1ccc(C(=O)NC2CCS(=O)(=O)C2)nc1. The monoisotopic (exact) mass is 379 g/mol. The molecule has 0 spiro atoms. The lowest BCUT2D eigenvalue weighted by Gasteiger charge is -2.12. The summed E-state index contributed by atoms with van der Waals surface area (Å²) >= 11 is 6.00. The van der Waals surface area contributed by atoms with Gasteiger partial charge in [0.15, 0.2) is 9.84 Å². The van der Waals surface area contributed by atoms with Gasteiger partial charge in [0.25, 0.3) is 5.91 Å². The zero-order chi connectivity index (χ0) is 18.0. The lowest BCUT2D eigenvalue weighted by atomic mass is 10.2. The van der Waals surface area contributed by atoms with Gasteiger partial charge in [-0.2, -0.15) is 0 Å². The van der Waals surface area contributed by atoms with Crippen molar-refractivity contribution in [3.63, 3.8) is 0 Å². The van der Waals surface area contributed by atoms with E-state index in [0.29, 0.717) is 11.4 Å².